The fourth-order valence-electron chi connectivity index (χ4n) is 3.43. The molecule has 0 N–H and O–H groups in total. The van der Waals surface area contributed by atoms with E-state index in [0.29, 0.717) is 5.57 Å². The van der Waals surface area contributed by atoms with Crippen molar-refractivity contribution in [1.82, 2.24) is 4.90 Å². The molecule has 0 radical (unpaired) electrons. The second-order valence-electron chi connectivity index (χ2n) is 8.54. The van der Waals surface area contributed by atoms with Gasteiger partial charge in [-0.25, -0.2) is 4.79 Å². The average molecular weight is 494 g/mol. The van der Waals surface area contributed by atoms with Gasteiger partial charge >= 0.3 is 11.9 Å². The molecule has 0 saturated carbocycles. The van der Waals surface area contributed by atoms with E-state index in [4.69, 9.17) is 14.2 Å². The van der Waals surface area contributed by atoms with Gasteiger partial charge in [-0.2, -0.15) is 0 Å². The fourth-order valence-corrected chi connectivity index (χ4v) is 5.94. The van der Waals surface area contributed by atoms with Gasteiger partial charge in [-0.15, -0.1) is 11.8 Å². The molecule has 2 aliphatic rings. The molecule has 178 valence electrons. The first-order valence-electron chi connectivity index (χ1n) is 10.4. The number of fused-ring (bicyclic) bond motifs is 1. The van der Waals surface area contributed by atoms with Gasteiger partial charge in [0.05, 0.1) is 0 Å². The third-order valence-corrected chi connectivity index (χ3v) is 7.06. The largest absolute Gasteiger partial charge is 0.455 e. The molecule has 3 atom stereocenters. The van der Waals surface area contributed by atoms with Crippen molar-refractivity contribution < 1.29 is 33.4 Å². The summed E-state index contributed by atoms with van der Waals surface area (Å²) in [6.07, 6.45) is -0.545. The Morgan fingerprint density at radius 1 is 1.21 bits per heavy atom. The lowest BCUT2D eigenvalue weighted by molar-refractivity contribution is -0.167. The summed E-state index contributed by atoms with van der Waals surface area (Å²) in [5, 5.41) is -0.628. The average Bonchev–Trinajstić information content (AvgIpc) is 2.71. The van der Waals surface area contributed by atoms with Crippen LogP contribution >= 0.6 is 23.5 Å². The van der Waals surface area contributed by atoms with Crippen LogP contribution in [0.15, 0.2) is 41.6 Å². The molecule has 1 unspecified atom stereocenters. The summed E-state index contributed by atoms with van der Waals surface area (Å²) in [5.41, 5.74) is -0.689. The van der Waals surface area contributed by atoms with E-state index in [1.165, 1.54) is 30.7 Å². The van der Waals surface area contributed by atoms with Crippen LogP contribution in [0.1, 0.15) is 33.3 Å². The second kappa shape index (κ2) is 10.3. The Hall–Kier alpha value is -2.30. The molecule has 2 heterocycles. The van der Waals surface area contributed by atoms with Crippen molar-refractivity contribution in [3.05, 3.63) is 47.2 Å². The van der Waals surface area contributed by atoms with E-state index in [-0.39, 0.29) is 28.9 Å². The summed E-state index contributed by atoms with van der Waals surface area (Å²) in [6, 6.07) is 9.18. The molecule has 1 fully saturated rings. The third-order valence-electron chi connectivity index (χ3n) is 4.78. The highest BCUT2D eigenvalue weighted by molar-refractivity contribution is 8.14. The van der Waals surface area contributed by atoms with Crippen LogP contribution in [0, 0.1) is 0 Å². The van der Waals surface area contributed by atoms with Crippen molar-refractivity contribution in [1.29, 1.82) is 0 Å². The number of methoxy groups -OCH3 is 1. The lowest BCUT2D eigenvalue weighted by atomic mass is 10.0. The number of esters is 2. The molecule has 1 aromatic carbocycles. The van der Waals surface area contributed by atoms with Crippen molar-refractivity contribution in [3.63, 3.8) is 0 Å². The zero-order chi connectivity index (χ0) is 24.3. The fraction of sp³-hybridized carbons (Fsp3) is 0.478. The maximum Gasteiger partial charge on any atom is 0.355 e. The number of carbonyl (C=O) groups excluding carboxylic acids is 4. The Morgan fingerprint density at radius 3 is 2.45 bits per heavy atom. The number of hydrogen-bond acceptors (Lipinski definition) is 9. The lowest BCUT2D eigenvalue weighted by Gasteiger charge is -2.49. The van der Waals surface area contributed by atoms with Crippen molar-refractivity contribution >= 4 is 46.5 Å². The van der Waals surface area contributed by atoms with Gasteiger partial charge in [0.15, 0.2) is 16.7 Å². The van der Waals surface area contributed by atoms with Gasteiger partial charge in [0.25, 0.3) is 5.91 Å². The summed E-state index contributed by atoms with van der Waals surface area (Å²) in [6.45, 7) is 6.39. The van der Waals surface area contributed by atoms with Crippen molar-refractivity contribution in [2.75, 3.05) is 12.9 Å². The Kier molecular flexibility index (Phi) is 7.92. The molecule has 1 amide bonds. The Labute approximate surface area is 201 Å². The van der Waals surface area contributed by atoms with Crippen LogP contribution in [-0.2, 0) is 39.8 Å². The van der Waals surface area contributed by atoms with Crippen LogP contribution in [-0.4, -0.2) is 63.2 Å². The van der Waals surface area contributed by atoms with E-state index in [2.05, 4.69) is 0 Å². The predicted octanol–water partition coefficient (Wildman–Crippen LogP) is 2.90. The highest BCUT2D eigenvalue weighted by atomic mass is 32.2. The van der Waals surface area contributed by atoms with Crippen LogP contribution in [0.3, 0.4) is 0 Å². The van der Waals surface area contributed by atoms with Crippen LogP contribution in [0.25, 0.3) is 0 Å². The van der Waals surface area contributed by atoms with Gasteiger partial charge < -0.3 is 14.2 Å². The number of rotatable bonds is 7. The number of ether oxygens (including phenoxy) is 3. The zero-order valence-electron chi connectivity index (χ0n) is 19.2. The topological polar surface area (TPSA) is 99.2 Å². The normalized spacial score (nSPS) is 21.1. The number of benzene rings is 1. The summed E-state index contributed by atoms with van der Waals surface area (Å²) in [7, 11) is 1.44. The maximum atomic E-state index is 13.2. The molecule has 2 aliphatic heterocycles. The minimum Gasteiger partial charge on any atom is -0.455 e. The molecule has 8 nitrogen and oxygen atoms in total. The number of carbonyl (C=O) groups is 4. The summed E-state index contributed by atoms with van der Waals surface area (Å²) >= 11 is 2.20. The molecule has 3 rings (SSSR count). The first kappa shape index (κ1) is 25.3. The van der Waals surface area contributed by atoms with Crippen LogP contribution in [0.5, 0.6) is 0 Å². The van der Waals surface area contributed by atoms with Crippen molar-refractivity contribution in [2.45, 2.75) is 56.6 Å². The van der Waals surface area contributed by atoms with E-state index >= 15 is 0 Å². The molecule has 33 heavy (non-hydrogen) atoms. The van der Waals surface area contributed by atoms with Gasteiger partial charge in [-0.1, -0.05) is 30.3 Å². The minimum atomic E-state index is -1.07. The van der Waals surface area contributed by atoms with Crippen LogP contribution in [0.2, 0.25) is 0 Å². The Balaban J connectivity index is 1.95. The summed E-state index contributed by atoms with van der Waals surface area (Å²) < 4.78 is 16.3. The Bertz CT molecular complexity index is 971. The van der Waals surface area contributed by atoms with E-state index in [9.17, 15) is 19.2 Å². The smallest absolute Gasteiger partial charge is 0.355 e. The number of β-lactam (4-membered cyclic amide) rings is 1. The molecular formula is C23H27NO7S2. The lowest BCUT2D eigenvalue weighted by Crippen LogP contribution is -2.66. The summed E-state index contributed by atoms with van der Waals surface area (Å²) in [4.78, 5) is 51.9. The van der Waals surface area contributed by atoms with Gasteiger partial charge in [0.2, 0.25) is 0 Å². The monoisotopic (exact) mass is 493 g/mol. The molecular weight excluding hydrogens is 466 g/mol. The van der Waals surface area contributed by atoms with Gasteiger partial charge in [-0.3, -0.25) is 19.3 Å². The minimum absolute atomic E-state index is 0.0123. The highest BCUT2D eigenvalue weighted by Crippen LogP contribution is 2.44. The van der Waals surface area contributed by atoms with E-state index in [0.717, 1.165) is 17.3 Å². The molecule has 0 bridgehead atoms. The quantitative estimate of drug-likeness (QED) is 0.322. The molecule has 1 aromatic rings. The molecule has 0 spiro atoms. The number of amides is 1. The molecule has 10 heteroatoms. The van der Waals surface area contributed by atoms with Crippen molar-refractivity contribution in [2.24, 2.45) is 0 Å². The summed E-state index contributed by atoms with van der Waals surface area (Å²) in [5.74, 6) is -1.42. The highest BCUT2D eigenvalue weighted by Gasteiger charge is 2.55. The number of hydrogen-bond donors (Lipinski definition) is 0. The van der Waals surface area contributed by atoms with E-state index in [1.54, 1.807) is 20.8 Å². The van der Waals surface area contributed by atoms with Gasteiger partial charge in [0, 0.05) is 31.8 Å². The standard InChI is InChI=1S/C23H27NO7S2/c1-13(25)30-22(33-16(26)11-14-9-7-6-8-10-14)15-12-32-20-18(29-5)19(27)24(20)17(15)21(28)31-23(2,3)4/h6-10,18,20,22H,11-12H2,1-5H3/t18-,20+,22?/m0/s1. The maximum absolute atomic E-state index is 13.2. The number of nitrogens with zero attached hydrogens (tertiary/aromatic N) is 1. The second-order valence-corrected chi connectivity index (χ2v) is 10.8. The first-order valence-corrected chi connectivity index (χ1v) is 12.3. The molecule has 1 saturated heterocycles. The molecule has 0 aliphatic carbocycles. The van der Waals surface area contributed by atoms with Crippen LogP contribution in [0.4, 0.5) is 0 Å². The predicted molar refractivity (Wildman–Crippen MR) is 125 cm³/mol. The third kappa shape index (κ3) is 5.99. The van der Waals surface area contributed by atoms with Crippen molar-refractivity contribution in [3.8, 4) is 0 Å². The SMILES string of the molecule is CO[C@H]1C(=O)N2C(C(=O)OC(C)(C)C)=C(C(OC(C)=O)SC(=O)Cc3ccccc3)CS[C@H]12. The van der Waals surface area contributed by atoms with Crippen LogP contribution < -0.4 is 0 Å². The Morgan fingerprint density at radius 2 is 1.88 bits per heavy atom. The molecule has 0 aromatic heterocycles. The zero-order valence-corrected chi connectivity index (χ0v) is 20.8. The van der Waals surface area contributed by atoms with E-state index in [1.807, 2.05) is 30.3 Å². The first-order chi connectivity index (χ1) is 15.5. The van der Waals surface area contributed by atoms with E-state index < -0.39 is 34.5 Å². The van der Waals surface area contributed by atoms with Gasteiger partial charge in [-0.05, 0) is 38.1 Å². The van der Waals surface area contributed by atoms with Gasteiger partial charge in [0.1, 0.15) is 16.7 Å². The number of thioether (sulfide) groups is 2.